The van der Waals surface area contributed by atoms with Crippen LogP contribution in [0.25, 0.3) is 0 Å². The summed E-state index contributed by atoms with van der Waals surface area (Å²) in [5.41, 5.74) is 2.03. The number of rotatable bonds is 10. The molecule has 0 aliphatic carbocycles. The minimum atomic E-state index is -1.35. The molecule has 0 aromatic heterocycles. The number of aryl methyl sites for hydroxylation is 3. The predicted molar refractivity (Wildman–Crippen MR) is 165 cm³/mol. The Bertz CT molecular complexity index is 1430. The van der Waals surface area contributed by atoms with Crippen molar-refractivity contribution in [2.75, 3.05) is 19.3 Å². The van der Waals surface area contributed by atoms with Gasteiger partial charge in [0.25, 0.3) is 0 Å². The second kappa shape index (κ2) is 13.2. The fraction of sp³-hybridized carbons (Fsp3) is 0.364. The van der Waals surface area contributed by atoms with Crippen molar-refractivity contribution >= 4 is 41.2 Å². The van der Waals surface area contributed by atoms with E-state index in [2.05, 4.69) is 0 Å². The highest BCUT2D eigenvalue weighted by atomic mass is 35.5. The smallest absolute Gasteiger partial charge is 0.415 e. The highest BCUT2D eigenvalue weighted by Gasteiger charge is 2.40. The molecule has 1 N–H and O–H groups in total. The number of ether oxygens (including phenoxy) is 2. The standard InChI is InChI=1S/C33H36ClNO6S/c1-20-16-22(17-21(2)30(20)41-33(3,4)31(37)38)6-7-24-18-35(32(39)40-26-12-10-25(34)11-13-26)19-28(24)29(36)23-8-14-27(42-5)15-9-23/h8-17,24,28H,6-7,18-19H2,1-5H3,(H,37,38). The predicted octanol–water partition coefficient (Wildman–Crippen LogP) is 7.48. The van der Waals surface area contributed by atoms with Gasteiger partial charge in [-0.1, -0.05) is 35.9 Å². The number of likely N-dealkylation sites (tertiary alicyclic amines) is 1. The van der Waals surface area contributed by atoms with E-state index in [1.54, 1.807) is 40.9 Å². The van der Waals surface area contributed by atoms with Crippen LogP contribution in [0.4, 0.5) is 4.79 Å². The Balaban J connectivity index is 1.52. The van der Waals surface area contributed by atoms with Crippen molar-refractivity contribution in [2.45, 2.75) is 51.0 Å². The molecule has 3 aromatic carbocycles. The number of thioether (sulfide) groups is 1. The first-order chi connectivity index (χ1) is 19.9. The van der Waals surface area contributed by atoms with Crippen molar-refractivity contribution in [1.29, 1.82) is 0 Å². The van der Waals surface area contributed by atoms with Gasteiger partial charge in [-0.25, -0.2) is 9.59 Å². The van der Waals surface area contributed by atoms with Gasteiger partial charge in [0.05, 0.1) is 0 Å². The van der Waals surface area contributed by atoms with E-state index in [9.17, 15) is 19.5 Å². The summed E-state index contributed by atoms with van der Waals surface area (Å²) in [5, 5.41) is 10.0. The van der Waals surface area contributed by atoms with Crippen LogP contribution in [0.5, 0.6) is 11.5 Å². The third-order valence-electron chi connectivity index (χ3n) is 7.63. The van der Waals surface area contributed by atoms with Gasteiger partial charge in [-0.05, 0) is 106 Å². The second-order valence-corrected chi connectivity index (χ2v) is 12.5. The zero-order valence-corrected chi connectivity index (χ0v) is 26.1. The third kappa shape index (κ3) is 7.47. The number of carbonyl (C=O) groups excluding carboxylic acids is 2. The molecule has 222 valence electrons. The molecule has 2 atom stereocenters. The summed E-state index contributed by atoms with van der Waals surface area (Å²) in [6.07, 6.45) is 2.86. The van der Waals surface area contributed by atoms with Crippen LogP contribution in [0, 0.1) is 25.7 Å². The molecule has 1 saturated heterocycles. The molecular weight excluding hydrogens is 574 g/mol. The Morgan fingerprint density at radius 2 is 1.62 bits per heavy atom. The lowest BCUT2D eigenvalue weighted by Crippen LogP contribution is -2.38. The number of benzene rings is 3. The first-order valence-electron chi connectivity index (χ1n) is 13.8. The molecule has 2 unspecified atom stereocenters. The van der Waals surface area contributed by atoms with E-state index in [0.29, 0.717) is 41.5 Å². The van der Waals surface area contributed by atoms with Crippen LogP contribution in [0.2, 0.25) is 5.02 Å². The van der Waals surface area contributed by atoms with E-state index in [1.165, 1.54) is 13.8 Å². The Morgan fingerprint density at radius 3 is 2.19 bits per heavy atom. The highest BCUT2D eigenvalue weighted by molar-refractivity contribution is 7.98. The lowest BCUT2D eigenvalue weighted by Gasteiger charge is -2.25. The third-order valence-corrected chi connectivity index (χ3v) is 8.62. The van der Waals surface area contributed by atoms with Crippen molar-refractivity contribution in [2.24, 2.45) is 11.8 Å². The van der Waals surface area contributed by atoms with E-state index >= 15 is 0 Å². The number of carbonyl (C=O) groups is 3. The molecule has 1 heterocycles. The number of hydrogen-bond donors (Lipinski definition) is 1. The molecule has 0 saturated carbocycles. The number of ketones is 1. The van der Waals surface area contributed by atoms with Gasteiger partial charge >= 0.3 is 12.1 Å². The summed E-state index contributed by atoms with van der Waals surface area (Å²) in [7, 11) is 0. The van der Waals surface area contributed by atoms with Gasteiger partial charge in [-0.2, -0.15) is 0 Å². The number of carboxylic acids is 1. The van der Waals surface area contributed by atoms with E-state index in [4.69, 9.17) is 21.1 Å². The Hall–Kier alpha value is -3.49. The average Bonchev–Trinajstić information content (AvgIpc) is 3.39. The number of halogens is 1. The summed E-state index contributed by atoms with van der Waals surface area (Å²) in [6.45, 7) is 7.53. The van der Waals surface area contributed by atoms with E-state index in [1.807, 2.05) is 56.5 Å². The molecule has 1 aliphatic rings. The summed E-state index contributed by atoms with van der Waals surface area (Å²) in [5.74, 6) is -0.513. The van der Waals surface area contributed by atoms with E-state index < -0.39 is 17.7 Å². The zero-order valence-electron chi connectivity index (χ0n) is 24.5. The van der Waals surface area contributed by atoms with Gasteiger partial charge < -0.3 is 19.5 Å². The van der Waals surface area contributed by atoms with Gasteiger partial charge in [0.2, 0.25) is 0 Å². The Labute approximate surface area is 256 Å². The number of hydrogen-bond acceptors (Lipinski definition) is 6. The van der Waals surface area contributed by atoms with Crippen LogP contribution in [0.1, 0.15) is 47.3 Å². The molecule has 0 radical (unpaired) electrons. The van der Waals surface area contributed by atoms with Crippen LogP contribution in [-0.4, -0.2) is 52.8 Å². The summed E-state index contributed by atoms with van der Waals surface area (Å²) in [4.78, 5) is 41.1. The van der Waals surface area contributed by atoms with Crippen molar-refractivity contribution < 1.29 is 29.0 Å². The number of carboxylic acid groups (broad SMARTS) is 1. The molecule has 1 amide bonds. The fourth-order valence-corrected chi connectivity index (χ4v) is 5.78. The second-order valence-electron chi connectivity index (χ2n) is 11.2. The summed E-state index contributed by atoms with van der Waals surface area (Å²) < 4.78 is 11.4. The molecule has 1 fully saturated rings. The first-order valence-corrected chi connectivity index (χ1v) is 15.4. The van der Waals surface area contributed by atoms with E-state index in [0.717, 1.165) is 21.6 Å². The maximum Gasteiger partial charge on any atom is 0.415 e. The fourth-order valence-electron chi connectivity index (χ4n) is 5.24. The maximum absolute atomic E-state index is 13.7. The number of aliphatic carboxylic acids is 1. The van der Waals surface area contributed by atoms with E-state index in [-0.39, 0.29) is 24.2 Å². The summed E-state index contributed by atoms with van der Waals surface area (Å²) in [6, 6.07) is 18.2. The van der Waals surface area contributed by atoms with Crippen molar-refractivity contribution in [3.05, 3.63) is 87.9 Å². The minimum absolute atomic E-state index is 0.0152. The lowest BCUT2D eigenvalue weighted by atomic mass is 9.84. The molecule has 0 spiro atoms. The van der Waals surface area contributed by atoms with Gasteiger partial charge in [-0.3, -0.25) is 4.79 Å². The molecule has 7 nitrogen and oxygen atoms in total. The molecule has 0 bridgehead atoms. The van der Waals surface area contributed by atoms with Gasteiger partial charge in [0.15, 0.2) is 11.4 Å². The summed E-state index contributed by atoms with van der Waals surface area (Å²) >= 11 is 7.57. The van der Waals surface area contributed by atoms with Crippen molar-refractivity contribution in [3.63, 3.8) is 0 Å². The van der Waals surface area contributed by atoms with Gasteiger partial charge in [-0.15, -0.1) is 11.8 Å². The number of Topliss-reactive ketones (excluding diaryl/α,β-unsaturated/α-hetero) is 1. The molecule has 1 aliphatic heterocycles. The average molecular weight is 610 g/mol. The Kier molecular flexibility index (Phi) is 9.89. The molecule has 9 heteroatoms. The van der Waals surface area contributed by atoms with Crippen molar-refractivity contribution in [3.8, 4) is 11.5 Å². The molecule has 42 heavy (non-hydrogen) atoms. The largest absolute Gasteiger partial charge is 0.478 e. The van der Waals surface area contributed by atoms with Crippen molar-refractivity contribution in [1.82, 2.24) is 4.90 Å². The normalized spacial score (nSPS) is 16.8. The van der Waals surface area contributed by atoms with Gasteiger partial charge in [0, 0.05) is 34.5 Å². The maximum atomic E-state index is 13.7. The SMILES string of the molecule is CSc1ccc(C(=O)C2CN(C(=O)Oc3ccc(Cl)cc3)CC2CCc2cc(C)c(OC(C)(C)C(=O)O)c(C)c2)cc1. The first kappa shape index (κ1) is 31.4. The van der Waals surface area contributed by atoms with Crippen LogP contribution in [0.15, 0.2) is 65.6 Å². The quantitative estimate of drug-likeness (QED) is 0.188. The lowest BCUT2D eigenvalue weighted by molar-refractivity contribution is -0.152. The molecule has 4 rings (SSSR count). The number of amides is 1. The topological polar surface area (TPSA) is 93.1 Å². The van der Waals surface area contributed by atoms with Crippen LogP contribution in [-0.2, 0) is 11.2 Å². The Morgan fingerprint density at radius 1 is 1.00 bits per heavy atom. The highest BCUT2D eigenvalue weighted by Crippen LogP contribution is 2.34. The van der Waals surface area contributed by atoms with Crippen LogP contribution < -0.4 is 9.47 Å². The molecule has 3 aromatic rings. The van der Waals surface area contributed by atoms with Crippen LogP contribution in [0.3, 0.4) is 0 Å². The monoisotopic (exact) mass is 609 g/mol. The zero-order chi connectivity index (χ0) is 30.6. The van der Waals surface area contributed by atoms with Crippen LogP contribution >= 0.6 is 23.4 Å². The van der Waals surface area contributed by atoms with Gasteiger partial charge in [0.1, 0.15) is 11.5 Å². The number of nitrogens with zero attached hydrogens (tertiary/aromatic N) is 1. The minimum Gasteiger partial charge on any atom is -0.478 e. The molecular formula is C33H36ClNO6S.